The highest BCUT2D eigenvalue weighted by Crippen LogP contribution is 2.26. The standard InChI is InChI=1S/C18H17FN2O2S/c1-22-15-5-3-4-12(9-15)8-14-11-24-18(21-14)20-13-6-7-17(23-2)16(19)10-13/h3-7,9-11H,8H2,1-2H3,(H,20,21). The zero-order chi connectivity index (χ0) is 16.9. The number of benzene rings is 2. The SMILES string of the molecule is COc1cccc(Cc2csc(Nc3ccc(OC)c(F)c3)n2)c1. The van der Waals surface area contributed by atoms with Gasteiger partial charge < -0.3 is 14.8 Å². The molecule has 3 rings (SSSR count). The molecular formula is C18H17FN2O2S. The molecular weight excluding hydrogens is 327 g/mol. The van der Waals surface area contributed by atoms with Crippen molar-refractivity contribution in [3.63, 3.8) is 0 Å². The van der Waals surface area contributed by atoms with E-state index in [1.54, 1.807) is 19.2 Å². The van der Waals surface area contributed by atoms with Gasteiger partial charge in [0.1, 0.15) is 5.75 Å². The average Bonchev–Trinajstić information content (AvgIpc) is 3.02. The summed E-state index contributed by atoms with van der Waals surface area (Å²) in [7, 11) is 3.09. The number of nitrogens with zero attached hydrogens (tertiary/aromatic N) is 1. The second kappa shape index (κ2) is 7.31. The molecule has 0 saturated carbocycles. The van der Waals surface area contributed by atoms with Crippen LogP contribution in [0.4, 0.5) is 15.2 Å². The number of nitrogens with one attached hydrogen (secondary N) is 1. The average molecular weight is 344 g/mol. The van der Waals surface area contributed by atoms with Gasteiger partial charge in [-0.25, -0.2) is 9.37 Å². The summed E-state index contributed by atoms with van der Waals surface area (Å²) in [6.07, 6.45) is 0.715. The quantitative estimate of drug-likeness (QED) is 0.708. The van der Waals surface area contributed by atoms with Crippen LogP contribution < -0.4 is 14.8 Å². The second-order valence-electron chi connectivity index (χ2n) is 5.15. The molecule has 0 aliphatic heterocycles. The molecule has 0 radical (unpaired) electrons. The van der Waals surface area contributed by atoms with Crippen LogP contribution in [0, 0.1) is 5.82 Å². The maximum Gasteiger partial charge on any atom is 0.187 e. The first-order chi connectivity index (χ1) is 11.7. The fraction of sp³-hybridized carbons (Fsp3) is 0.167. The molecule has 0 atom stereocenters. The third-order valence-electron chi connectivity index (χ3n) is 3.47. The number of aromatic nitrogens is 1. The highest BCUT2D eigenvalue weighted by Gasteiger charge is 2.07. The number of methoxy groups -OCH3 is 2. The molecule has 0 spiro atoms. The molecule has 24 heavy (non-hydrogen) atoms. The molecule has 3 aromatic rings. The van der Waals surface area contributed by atoms with Crippen LogP contribution in [0.5, 0.6) is 11.5 Å². The van der Waals surface area contributed by atoms with Gasteiger partial charge in [0.25, 0.3) is 0 Å². The summed E-state index contributed by atoms with van der Waals surface area (Å²) in [6, 6.07) is 12.6. The fourth-order valence-corrected chi connectivity index (χ4v) is 3.04. The van der Waals surface area contributed by atoms with Crippen molar-refractivity contribution in [1.29, 1.82) is 0 Å². The zero-order valence-corrected chi connectivity index (χ0v) is 14.2. The molecule has 1 N–H and O–H groups in total. The summed E-state index contributed by atoms with van der Waals surface area (Å²) >= 11 is 1.48. The van der Waals surface area contributed by atoms with Crippen molar-refractivity contribution >= 4 is 22.2 Å². The van der Waals surface area contributed by atoms with E-state index in [4.69, 9.17) is 9.47 Å². The van der Waals surface area contributed by atoms with Crippen LogP contribution in [0.1, 0.15) is 11.3 Å². The van der Waals surface area contributed by atoms with E-state index in [0.29, 0.717) is 12.1 Å². The van der Waals surface area contributed by atoms with Crippen LogP contribution in [0.25, 0.3) is 0 Å². The number of rotatable bonds is 6. The van der Waals surface area contributed by atoms with Crippen molar-refractivity contribution in [2.45, 2.75) is 6.42 Å². The molecule has 2 aromatic carbocycles. The Bertz CT molecular complexity index is 835. The Hall–Kier alpha value is -2.60. The van der Waals surface area contributed by atoms with Crippen LogP contribution in [-0.4, -0.2) is 19.2 Å². The Morgan fingerprint density at radius 1 is 1.12 bits per heavy atom. The van der Waals surface area contributed by atoms with E-state index >= 15 is 0 Å². The van der Waals surface area contributed by atoms with Gasteiger partial charge in [0.2, 0.25) is 0 Å². The predicted octanol–water partition coefficient (Wildman–Crippen LogP) is 4.63. The highest BCUT2D eigenvalue weighted by molar-refractivity contribution is 7.13. The number of thiazole rings is 1. The van der Waals surface area contributed by atoms with Gasteiger partial charge in [-0.2, -0.15) is 0 Å². The van der Waals surface area contributed by atoms with Gasteiger partial charge in [-0.3, -0.25) is 0 Å². The molecule has 0 unspecified atom stereocenters. The van der Waals surface area contributed by atoms with Gasteiger partial charge >= 0.3 is 0 Å². The van der Waals surface area contributed by atoms with Crippen molar-refractivity contribution in [2.75, 3.05) is 19.5 Å². The lowest BCUT2D eigenvalue weighted by molar-refractivity contribution is 0.386. The minimum Gasteiger partial charge on any atom is -0.497 e. The van der Waals surface area contributed by atoms with E-state index in [0.717, 1.165) is 22.1 Å². The first-order valence-corrected chi connectivity index (χ1v) is 8.24. The first kappa shape index (κ1) is 16.3. The lowest BCUT2D eigenvalue weighted by atomic mass is 10.1. The number of hydrogen-bond donors (Lipinski definition) is 1. The van der Waals surface area contributed by atoms with Crippen LogP contribution >= 0.6 is 11.3 Å². The van der Waals surface area contributed by atoms with Gasteiger partial charge in [0.15, 0.2) is 16.7 Å². The van der Waals surface area contributed by atoms with E-state index in [2.05, 4.69) is 10.3 Å². The first-order valence-electron chi connectivity index (χ1n) is 7.36. The molecule has 0 fully saturated rings. The van der Waals surface area contributed by atoms with Crippen molar-refractivity contribution in [3.8, 4) is 11.5 Å². The number of ether oxygens (including phenoxy) is 2. The summed E-state index contributed by atoms with van der Waals surface area (Å²) in [5.41, 5.74) is 2.71. The zero-order valence-electron chi connectivity index (χ0n) is 13.4. The van der Waals surface area contributed by atoms with Crippen LogP contribution in [0.15, 0.2) is 47.8 Å². The number of hydrogen-bond acceptors (Lipinski definition) is 5. The van der Waals surface area contributed by atoms with Gasteiger partial charge in [-0.1, -0.05) is 12.1 Å². The Morgan fingerprint density at radius 3 is 2.75 bits per heavy atom. The van der Waals surface area contributed by atoms with Gasteiger partial charge in [-0.15, -0.1) is 11.3 Å². The van der Waals surface area contributed by atoms with Crippen molar-refractivity contribution < 1.29 is 13.9 Å². The molecule has 124 valence electrons. The normalized spacial score (nSPS) is 10.5. The van der Waals surface area contributed by atoms with Crippen molar-refractivity contribution in [2.24, 2.45) is 0 Å². The van der Waals surface area contributed by atoms with E-state index in [9.17, 15) is 4.39 Å². The van der Waals surface area contributed by atoms with Crippen LogP contribution in [0.3, 0.4) is 0 Å². The summed E-state index contributed by atoms with van der Waals surface area (Å²) in [5.74, 6) is 0.642. The molecule has 1 aromatic heterocycles. The van der Waals surface area contributed by atoms with Gasteiger partial charge in [-0.05, 0) is 29.8 Å². The monoisotopic (exact) mass is 344 g/mol. The van der Waals surface area contributed by atoms with Gasteiger partial charge in [0.05, 0.1) is 19.9 Å². The summed E-state index contributed by atoms with van der Waals surface area (Å²) < 4.78 is 23.9. The van der Waals surface area contributed by atoms with E-state index in [1.165, 1.54) is 24.5 Å². The lowest BCUT2D eigenvalue weighted by Gasteiger charge is -2.05. The molecule has 4 nitrogen and oxygen atoms in total. The Labute approximate surface area is 143 Å². The third kappa shape index (κ3) is 3.83. The Morgan fingerprint density at radius 2 is 2.00 bits per heavy atom. The summed E-state index contributed by atoms with van der Waals surface area (Å²) in [6.45, 7) is 0. The third-order valence-corrected chi connectivity index (χ3v) is 4.28. The molecule has 0 saturated heterocycles. The van der Waals surface area contributed by atoms with Crippen molar-refractivity contribution in [1.82, 2.24) is 4.98 Å². The maximum absolute atomic E-state index is 13.7. The highest BCUT2D eigenvalue weighted by atomic mass is 32.1. The summed E-state index contributed by atoms with van der Waals surface area (Å²) in [5, 5.41) is 5.82. The van der Waals surface area contributed by atoms with E-state index < -0.39 is 5.82 Å². The molecule has 6 heteroatoms. The smallest absolute Gasteiger partial charge is 0.187 e. The predicted molar refractivity (Wildman–Crippen MR) is 94.1 cm³/mol. The minimum absolute atomic E-state index is 0.221. The molecule has 0 amide bonds. The minimum atomic E-state index is -0.407. The molecule has 0 aliphatic carbocycles. The molecule has 1 heterocycles. The van der Waals surface area contributed by atoms with Crippen LogP contribution in [0.2, 0.25) is 0 Å². The molecule has 0 aliphatic rings. The van der Waals surface area contributed by atoms with Gasteiger partial charge in [0, 0.05) is 23.6 Å². The Kier molecular flexibility index (Phi) is 4.96. The maximum atomic E-state index is 13.7. The van der Waals surface area contributed by atoms with Crippen LogP contribution in [-0.2, 0) is 6.42 Å². The van der Waals surface area contributed by atoms with E-state index in [1.807, 2.05) is 29.6 Å². The summed E-state index contributed by atoms with van der Waals surface area (Å²) in [4.78, 5) is 4.54. The fourth-order valence-electron chi connectivity index (χ4n) is 2.30. The topological polar surface area (TPSA) is 43.4 Å². The Balaban J connectivity index is 1.70. The number of anilines is 2. The second-order valence-corrected chi connectivity index (χ2v) is 6.00. The van der Waals surface area contributed by atoms with E-state index in [-0.39, 0.29) is 5.75 Å². The van der Waals surface area contributed by atoms with Crippen molar-refractivity contribution in [3.05, 3.63) is 64.9 Å². The lowest BCUT2D eigenvalue weighted by Crippen LogP contribution is -1.94. The molecule has 0 bridgehead atoms. The number of halogens is 1. The largest absolute Gasteiger partial charge is 0.497 e.